The van der Waals surface area contributed by atoms with Gasteiger partial charge in [-0.15, -0.1) is 6.42 Å². The normalized spacial score (nSPS) is 17.3. The number of terminal acetylenes is 1. The molecule has 204 valence electrons. The number of hydrogen-bond acceptors (Lipinski definition) is 3. The number of imidazole rings is 1. The molecule has 0 radical (unpaired) electrons. The second-order valence-electron chi connectivity index (χ2n) is 11.2. The third kappa shape index (κ3) is 5.93. The summed E-state index contributed by atoms with van der Waals surface area (Å²) in [7, 11) is 0. The van der Waals surface area contributed by atoms with Crippen molar-refractivity contribution >= 4 is 11.6 Å². The molecule has 5 heteroatoms. The largest absolute Gasteiger partial charge is 0.342 e. The van der Waals surface area contributed by atoms with Crippen molar-refractivity contribution in [3.05, 3.63) is 113 Å². The number of pyridine rings is 1. The van der Waals surface area contributed by atoms with Gasteiger partial charge in [0, 0.05) is 29.2 Å². The Kier molecular flexibility index (Phi) is 7.65. The lowest BCUT2D eigenvalue weighted by Gasteiger charge is -2.26. The fourth-order valence-electron chi connectivity index (χ4n) is 5.75. The second kappa shape index (κ2) is 11.8. The van der Waals surface area contributed by atoms with E-state index in [1.54, 1.807) is 6.20 Å². The molecule has 0 bridgehead atoms. The third-order valence-corrected chi connectivity index (χ3v) is 8.26. The minimum Gasteiger partial charge on any atom is -0.342 e. The Balaban J connectivity index is 1.19. The van der Waals surface area contributed by atoms with Gasteiger partial charge in [-0.2, -0.15) is 5.10 Å². The molecule has 3 aromatic heterocycles. The molecule has 2 aromatic carbocycles. The smallest absolute Gasteiger partial charge is 0.139 e. The molecule has 5 nitrogen and oxygen atoms in total. The molecule has 1 aliphatic carbocycles. The number of nitrogens with one attached hydrogen (secondary N) is 1. The number of nitrogens with zero attached hydrogens (tertiary/aromatic N) is 4. The lowest BCUT2D eigenvalue weighted by molar-refractivity contribution is 0.348. The van der Waals surface area contributed by atoms with Crippen LogP contribution in [0.2, 0.25) is 0 Å². The van der Waals surface area contributed by atoms with Gasteiger partial charge in [0.2, 0.25) is 0 Å². The van der Waals surface area contributed by atoms with Gasteiger partial charge < -0.3 is 4.98 Å². The Hall–Kier alpha value is -4.69. The zero-order chi connectivity index (χ0) is 28.2. The predicted octanol–water partition coefficient (Wildman–Crippen LogP) is 8.16. The number of aromatic nitrogens is 5. The molecule has 0 atom stereocenters. The van der Waals surface area contributed by atoms with Crippen molar-refractivity contribution in [3.8, 4) is 35.0 Å². The summed E-state index contributed by atoms with van der Waals surface area (Å²) in [5.74, 6) is 5.17. The van der Waals surface area contributed by atoms with Crippen LogP contribution in [0.25, 0.3) is 34.3 Å². The van der Waals surface area contributed by atoms with E-state index in [-0.39, 0.29) is 0 Å². The van der Waals surface area contributed by atoms with Crippen LogP contribution >= 0.6 is 0 Å². The van der Waals surface area contributed by atoms with Crippen LogP contribution in [-0.4, -0.2) is 24.7 Å². The van der Waals surface area contributed by atoms with Crippen LogP contribution in [0.3, 0.4) is 0 Å². The van der Waals surface area contributed by atoms with Crippen molar-refractivity contribution in [2.45, 2.75) is 52.0 Å². The van der Waals surface area contributed by atoms with E-state index in [1.165, 1.54) is 31.2 Å². The van der Waals surface area contributed by atoms with E-state index < -0.39 is 0 Å². The average Bonchev–Trinajstić information content (AvgIpc) is 3.63. The third-order valence-electron chi connectivity index (χ3n) is 8.26. The quantitative estimate of drug-likeness (QED) is 0.213. The van der Waals surface area contributed by atoms with Gasteiger partial charge in [-0.3, -0.25) is 9.67 Å². The van der Waals surface area contributed by atoms with Crippen molar-refractivity contribution in [1.82, 2.24) is 24.7 Å². The highest BCUT2D eigenvalue weighted by Crippen LogP contribution is 2.36. The molecule has 1 N–H and O–H groups in total. The summed E-state index contributed by atoms with van der Waals surface area (Å²) < 4.78 is 1.93. The molecule has 5 aromatic rings. The molecule has 3 heterocycles. The Morgan fingerprint density at radius 1 is 0.976 bits per heavy atom. The molecular weight excluding hydrogens is 502 g/mol. The van der Waals surface area contributed by atoms with Crippen LogP contribution in [0.5, 0.6) is 0 Å². The number of benzene rings is 2. The first-order valence-corrected chi connectivity index (χ1v) is 14.4. The zero-order valence-corrected chi connectivity index (χ0v) is 23.7. The Labute approximate surface area is 242 Å². The SMILES string of the molecule is C#C/C(=C\c1nc(-c2ccc(-c3ccc(C4CCC(C)CC4)cc3)nc2)[nH]c1C)c1ccnn1Cc1ccccc1. The summed E-state index contributed by atoms with van der Waals surface area (Å²) in [5, 5.41) is 4.51. The standard InChI is InChI=1S/C36H35N5/c1-4-28(35-20-21-38-41(35)24-27-8-6-5-7-9-27)22-34-26(3)39-36(40-34)32-18-19-33(37-23-32)31-16-14-30(15-17-31)29-12-10-25(2)11-13-29/h1,5-9,14-23,25,29H,10-13,24H2,2-3H3,(H,39,40)/b28-22+. The van der Waals surface area contributed by atoms with E-state index in [0.717, 1.165) is 56.8 Å². The average molecular weight is 538 g/mol. The Morgan fingerprint density at radius 3 is 2.44 bits per heavy atom. The van der Waals surface area contributed by atoms with Crippen LogP contribution in [0, 0.1) is 25.2 Å². The van der Waals surface area contributed by atoms with Gasteiger partial charge in [-0.1, -0.05) is 80.3 Å². The van der Waals surface area contributed by atoms with Crippen molar-refractivity contribution in [2.24, 2.45) is 5.92 Å². The number of aromatic amines is 1. The van der Waals surface area contributed by atoms with Gasteiger partial charge in [0.25, 0.3) is 0 Å². The second-order valence-corrected chi connectivity index (χ2v) is 11.2. The highest BCUT2D eigenvalue weighted by atomic mass is 15.3. The molecule has 1 fully saturated rings. The highest BCUT2D eigenvalue weighted by molar-refractivity contribution is 5.89. The molecule has 0 unspecified atom stereocenters. The van der Waals surface area contributed by atoms with Gasteiger partial charge in [0.15, 0.2) is 0 Å². The number of hydrogen-bond donors (Lipinski definition) is 1. The molecule has 1 saturated carbocycles. The molecule has 6 rings (SSSR count). The van der Waals surface area contributed by atoms with E-state index in [0.29, 0.717) is 12.5 Å². The molecule has 0 amide bonds. The highest BCUT2D eigenvalue weighted by Gasteiger charge is 2.19. The first-order chi connectivity index (χ1) is 20.1. The minimum absolute atomic E-state index is 0.646. The topological polar surface area (TPSA) is 59.4 Å². The van der Waals surface area contributed by atoms with E-state index in [1.807, 2.05) is 48.1 Å². The van der Waals surface area contributed by atoms with Gasteiger partial charge in [0.05, 0.1) is 29.2 Å². The lowest BCUT2D eigenvalue weighted by atomic mass is 9.79. The maximum absolute atomic E-state index is 5.96. The molecule has 0 aliphatic heterocycles. The summed E-state index contributed by atoms with van der Waals surface area (Å²) in [4.78, 5) is 13.0. The summed E-state index contributed by atoms with van der Waals surface area (Å²) in [5.41, 5.74) is 9.01. The maximum Gasteiger partial charge on any atom is 0.139 e. The number of rotatable bonds is 7. The fourth-order valence-corrected chi connectivity index (χ4v) is 5.75. The van der Waals surface area contributed by atoms with Crippen molar-refractivity contribution in [2.75, 3.05) is 0 Å². The van der Waals surface area contributed by atoms with E-state index in [9.17, 15) is 0 Å². The van der Waals surface area contributed by atoms with Crippen molar-refractivity contribution in [1.29, 1.82) is 0 Å². The van der Waals surface area contributed by atoms with Crippen molar-refractivity contribution < 1.29 is 0 Å². The van der Waals surface area contributed by atoms with Gasteiger partial charge in [-0.25, -0.2) is 4.98 Å². The van der Waals surface area contributed by atoms with Crippen LogP contribution < -0.4 is 0 Å². The van der Waals surface area contributed by atoms with E-state index in [2.05, 4.69) is 71.5 Å². The lowest BCUT2D eigenvalue weighted by Crippen LogP contribution is -2.10. The predicted molar refractivity (Wildman–Crippen MR) is 167 cm³/mol. The Morgan fingerprint density at radius 2 is 1.73 bits per heavy atom. The molecular formula is C36H35N5. The minimum atomic E-state index is 0.646. The summed E-state index contributed by atoms with van der Waals surface area (Å²) in [6.45, 7) is 5.02. The molecule has 0 spiro atoms. The fraction of sp³-hybridized carbons (Fsp3) is 0.250. The first-order valence-electron chi connectivity index (χ1n) is 14.4. The van der Waals surface area contributed by atoms with Crippen LogP contribution in [0.15, 0.2) is 85.2 Å². The van der Waals surface area contributed by atoms with E-state index in [4.69, 9.17) is 16.4 Å². The summed E-state index contributed by atoms with van der Waals surface area (Å²) >= 11 is 0. The number of H-pyrrole nitrogens is 1. The maximum atomic E-state index is 5.96. The van der Waals surface area contributed by atoms with Gasteiger partial charge >= 0.3 is 0 Å². The van der Waals surface area contributed by atoms with Crippen LogP contribution in [-0.2, 0) is 6.54 Å². The number of allylic oxidation sites excluding steroid dienone is 1. The number of aryl methyl sites for hydroxylation is 1. The monoisotopic (exact) mass is 537 g/mol. The first kappa shape index (κ1) is 26.5. The van der Waals surface area contributed by atoms with Crippen LogP contribution in [0.4, 0.5) is 0 Å². The molecule has 0 saturated heterocycles. The van der Waals surface area contributed by atoms with Gasteiger partial charge in [0.1, 0.15) is 5.82 Å². The van der Waals surface area contributed by atoms with Crippen molar-refractivity contribution in [3.63, 3.8) is 0 Å². The molecule has 41 heavy (non-hydrogen) atoms. The summed E-state index contributed by atoms with van der Waals surface area (Å²) in [6, 6.07) is 25.3. The van der Waals surface area contributed by atoms with E-state index >= 15 is 0 Å². The summed E-state index contributed by atoms with van der Waals surface area (Å²) in [6.07, 6.45) is 16.8. The Bertz CT molecular complexity index is 1670. The van der Waals surface area contributed by atoms with Gasteiger partial charge in [-0.05, 0) is 67.0 Å². The zero-order valence-electron chi connectivity index (χ0n) is 23.7. The van der Waals surface area contributed by atoms with Crippen LogP contribution in [0.1, 0.15) is 66.7 Å². The molecule has 1 aliphatic rings.